The summed E-state index contributed by atoms with van der Waals surface area (Å²) in [7, 11) is -3.38. The second-order valence-corrected chi connectivity index (χ2v) is 6.50. The number of hydrogen-bond acceptors (Lipinski definition) is 3. The van der Waals surface area contributed by atoms with Crippen molar-refractivity contribution >= 4 is 10.0 Å². The fourth-order valence-electron chi connectivity index (χ4n) is 1.94. The molecule has 0 saturated heterocycles. The quantitative estimate of drug-likeness (QED) is 0.809. The topological polar surface area (TPSA) is 58.2 Å². The number of benzene rings is 1. The second kappa shape index (κ2) is 7.24. The fourth-order valence-corrected chi connectivity index (χ4v) is 2.92. The number of halogens is 3. The van der Waals surface area contributed by atoms with Gasteiger partial charge in [-0.15, -0.1) is 0 Å². The summed E-state index contributed by atoms with van der Waals surface area (Å²) in [4.78, 5) is 0. The molecule has 4 nitrogen and oxygen atoms in total. The van der Waals surface area contributed by atoms with Crippen molar-refractivity contribution in [3.8, 4) is 0 Å². The largest absolute Gasteiger partial charge is 0.416 e. The predicted molar refractivity (Wildman–Crippen MR) is 75.3 cm³/mol. The molecule has 1 atom stereocenters. The summed E-state index contributed by atoms with van der Waals surface area (Å²) in [5.41, 5.74) is -0.606. The fraction of sp³-hybridized carbons (Fsp3) is 0.538. The van der Waals surface area contributed by atoms with E-state index in [-0.39, 0.29) is 24.4 Å². The van der Waals surface area contributed by atoms with E-state index in [1.165, 1.54) is 18.2 Å². The van der Waals surface area contributed by atoms with Crippen molar-refractivity contribution in [2.45, 2.75) is 26.1 Å². The molecule has 0 aliphatic rings. The van der Waals surface area contributed by atoms with E-state index in [0.29, 0.717) is 0 Å². The average Bonchev–Trinajstić information content (AvgIpc) is 2.37. The first-order valence-electron chi connectivity index (χ1n) is 6.54. The van der Waals surface area contributed by atoms with Crippen molar-refractivity contribution in [1.29, 1.82) is 0 Å². The van der Waals surface area contributed by atoms with E-state index in [0.717, 1.165) is 6.07 Å². The molecule has 0 spiro atoms. The van der Waals surface area contributed by atoms with Gasteiger partial charge >= 0.3 is 6.18 Å². The molecule has 0 aliphatic carbocycles. The Morgan fingerprint density at radius 1 is 1.24 bits per heavy atom. The van der Waals surface area contributed by atoms with E-state index in [1.54, 1.807) is 13.8 Å². The van der Waals surface area contributed by atoms with E-state index in [4.69, 9.17) is 0 Å². The van der Waals surface area contributed by atoms with Gasteiger partial charge in [-0.2, -0.15) is 13.2 Å². The van der Waals surface area contributed by atoms with Gasteiger partial charge < -0.3 is 5.32 Å². The molecule has 0 radical (unpaired) electrons. The first-order valence-corrected chi connectivity index (χ1v) is 8.19. The van der Waals surface area contributed by atoms with Crippen molar-refractivity contribution in [2.24, 2.45) is 0 Å². The summed E-state index contributed by atoms with van der Waals surface area (Å²) < 4.78 is 63.9. The average molecular weight is 324 g/mol. The lowest BCUT2D eigenvalue weighted by Gasteiger charge is -2.19. The maximum Gasteiger partial charge on any atom is 0.416 e. The lowest BCUT2D eigenvalue weighted by molar-refractivity contribution is -0.138. The van der Waals surface area contributed by atoms with Gasteiger partial charge in [0.2, 0.25) is 10.0 Å². The normalized spacial score (nSPS) is 14.1. The van der Waals surface area contributed by atoms with Crippen LogP contribution >= 0.6 is 0 Å². The summed E-state index contributed by atoms with van der Waals surface area (Å²) in [5, 5.41) is 2.81. The minimum Gasteiger partial charge on any atom is -0.309 e. The Morgan fingerprint density at radius 3 is 2.43 bits per heavy atom. The van der Waals surface area contributed by atoms with Crippen LogP contribution in [-0.4, -0.2) is 27.3 Å². The highest BCUT2D eigenvalue weighted by Crippen LogP contribution is 2.34. The van der Waals surface area contributed by atoms with Gasteiger partial charge in [0.25, 0.3) is 0 Å². The molecule has 2 N–H and O–H groups in total. The summed E-state index contributed by atoms with van der Waals surface area (Å²) in [6, 6.07) is 4.66. The molecule has 0 amide bonds. The lowest BCUT2D eigenvalue weighted by atomic mass is 10.0. The molecule has 120 valence electrons. The highest BCUT2D eigenvalue weighted by Gasteiger charge is 2.34. The first-order chi connectivity index (χ1) is 9.67. The molecule has 0 fully saturated rings. The highest BCUT2D eigenvalue weighted by molar-refractivity contribution is 7.89. The van der Waals surface area contributed by atoms with Crippen LogP contribution in [0.25, 0.3) is 0 Å². The molecule has 0 heterocycles. The Bertz CT molecular complexity index is 559. The van der Waals surface area contributed by atoms with Crippen molar-refractivity contribution in [3.05, 3.63) is 35.4 Å². The minimum atomic E-state index is -4.43. The predicted octanol–water partition coefficient (Wildman–Crippen LogP) is 2.30. The summed E-state index contributed by atoms with van der Waals surface area (Å²) in [6.45, 7) is 3.59. The Hall–Kier alpha value is -1.12. The van der Waals surface area contributed by atoms with E-state index in [9.17, 15) is 21.6 Å². The van der Waals surface area contributed by atoms with E-state index in [1.807, 2.05) is 0 Å². The second-order valence-electron chi connectivity index (χ2n) is 4.58. The summed E-state index contributed by atoms with van der Waals surface area (Å²) >= 11 is 0. The summed E-state index contributed by atoms with van der Waals surface area (Å²) in [5.74, 6) is -0.181. The van der Waals surface area contributed by atoms with Gasteiger partial charge in [0.15, 0.2) is 0 Å². The third-order valence-corrected chi connectivity index (χ3v) is 4.39. The van der Waals surface area contributed by atoms with Gasteiger partial charge in [0.05, 0.1) is 11.3 Å². The standard InChI is InChI=1S/C13H19F3N2O2S/c1-3-18-21(19,20)9-8-17-10(2)11-6-4-5-7-12(11)13(14,15)16/h4-7,10,17-18H,3,8-9H2,1-2H3. The maximum atomic E-state index is 12.9. The van der Waals surface area contributed by atoms with E-state index in [2.05, 4.69) is 10.0 Å². The van der Waals surface area contributed by atoms with Gasteiger partial charge in [-0.25, -0.2) is 13.1 Å². The van der Waals surface area contributed by atoms with Crippen LogP contribution < -0.4 is 10.0 Å². The van der Waals surface area contributed by atoms with Crippen molar-refractivity contribution in [3.63, 3.8) is 0 Å². The lowest BCUT2D eigenvalue weighted by Crippen LogP contribution is -2.33. The molecule has 1 rings (SSSR count). The molecule has 0 aromatic heterocycles. The Balaban J connectivity index is 2.71. The van der Waals surface area contributed by atoms with Crippen LogP contribution in [0.5, 0.6) is 0 Å². The van der Waals surface area contributed by atoms with Crippen LogP contribution in [0.1, 0.15) is 31.0 Å². The SMILES string of the molecule is CCNS(=O)(=O)CCNC(C)c1ccccc1C(F)(F)F. The number of alkyl halides is 3. The maximum absolute atomic E-state index is 12.9. The zero-order chi connectivity index (χ0) is 16.1. The molecule has 1 aromatic carbocycles. The van der Waals surface area contributed by atoms with Crippen LogP contribution in [0, 0.1) is 0 Å². The van der Waals surface area contributed by atoms with Gasteiger partial charge in [-0.1, -0.05) is 25.1 Å². The van der Waals surface area contributed by atoms with E-state index >= 15 is 0 Å². The van der Waals surface area contributed by atoms with Crippen LogP contribution in [0.4, 0.5) is 13.2 Å². The number of nitrogens with one attached hydrogen (secondary N) is 2. The summed E-state index contributed by atoms with van der Waals surface area (Å²) in [6.07, 6.45) is -4.43. The number of rotatable bonds is 7. The third kappa shape index (κ3) is 5.64. The van der Waals surface area contributed by atoms with E-state index < -0.39 is 27.8 Å². The number of sulfonamides is 1. The molecule has 21 heavy (non-hydrogen) atoms. The molecule has 0 saturated carbocycles. The molecule has 0 aliphatic heterocycles. The molecule has 1 aromatic rings. The Morgan fingerprint density at radius 2 is 1.86 bits per heavy atom. The first kappa shape index (κ1) is 17.9. The zero-order valence-electron chi connectivity index (χ0n) is 11.9. The van der Waals surface area contributed by atoms with Gasteiger partial charge in [-0.3, -0.25) is 0 Å². The molecule has 0 bridgehead atoms. The highest BCUT2D eigenvalue weighted by atomic mass is 32.2. The third-order valence-electron chi connectivity index (χ3n) is 2.92. The van der Waals surface area contributed by atoms with Crippen LogP contribution in [-0.2, 0) is 16.2 Å². The molecular formula is C13H19F3N2O2S. The monoisotopic (exact) mass is 324 g/mol. The van der Waals surface area contributed by atoms with Crippen molar-refractivity contribution in [1.82, 2.24) is 10.0 Å². The van der Waals surface area contributed by atoms with Crippen molar-refractivity contribution in [2.75, 3.05) is 18.8 Å². The zero-order valence-corrected chi connectivity index (χ0v) is 12.7. The van der Waals surface area contributed by atoms with Gasteiger partial charge in [0.1, 0.15) is 0 Å². The smallest absolute Gasteiger partial charge is 0.309 e. The molecule has 1 unspecified atom stereocenters. The van der Waals surface area contributed by atoms with Crippen LogP contribution in [0.3, 0.4) is 0 Å². The van der Waals surface area contributed by atoms with Crippen LogP contribution in [0.2, 0.25) is 0 Å². The Kier molecular flexibility index (Phi) is 6.18. The number of hydrogen-bond donors (Lipinski definition) is 2. The van der Waals surface area contributed by atoms with Gasteiger partial charge in [0, 0.05) is 19.1 Å². The molecular weight excluding hydrogens is 305 g/mol. The van der Waals surface area contributed by atoms with Crippen molar-refractivity contribution < 1.29 is 21.6 Å². The van der Waals surface area contributed by atoms with Gasteiger partial charge in [-0.05, 0) is 18.6 Å². The minimum absolute atomic E-state index is 0.0721. The molecule has 8 heteroatoms. The Labute approximate surface area is 122 Å². The van der Waals surface area contributed by atoms with Crippen LogP contribution in [0.15, 0.2) is 24.3 Å².